The fraction of sp³-hybridized carbons (Fsp3) is 0.222. The van der Waals surface area contributed by atoms with Crippen molar-refractivity contribution in [3.8, 4) is 0 Å². The quantitative estimate of drug-likeness (QED) is 0.617. The summed E-state index contributed by atoms with van der Waals surface area (Å²) in [6.07, 6.45) is 6.76. The Morgan fingerprint density at radius 2 is 2.40 bits per heavy atom. The number of aromatic nitrogens is 4. The van der Waals surface area contributed by atoms with E-state index in [1.54, 1.807) is 30.5 Å². The zero-order chi connectivity index (χ0) is 10.5. The van der Waals surface area contributed by atoms with Crippen molar-refractivity contribution in [3.05, 3.63) is 31.0 Å². The summed E-state index contributed by atoms with van der Waals surface area (Å²) in [5, 5.41) is 5.07. The summed E-state index contributed by atoms with van der Waals surface area (Å²) in [4.78, 5) is 7.97. The molecular formula is C9H11N5S. The van der Waals surface area contributed by atoms with Crippen molar-refractivity contribution in [1.82, 2.24) is 19.7 Å². The number of hydrogen-bond acceptors (Lipinski definition) is 5. The van der Waals surface area contributed by atoms with Gasteiger partial charge in [-0.05, 0) is 6.07 Å². The highest BCUT2D eigenvalue weighted by atomic mass is 32.2. The molecule has 5 nitrogen and oxygen atoms in total. The van der Waals surface area contributed by atoms with Crippen molar-refractivity contribution in [3.63, 3.8) is 0 Å². The van der Waals surface area contributed by atoms with Crippen molar-refractivity contribution in [2.45, 2.75) is 11.6 Å². The SMILES string of the molecule is Nc1cnn(CCSc2ccncn2)c1. The van der Waals surface area contributed by atoms with Gasteiger partial charge in [-0.15, -0.1) is 11.8 Å². The van der Waals surface area contributed by atoms with E-state index >= 15 is 0 Å². The number of aryl methyl sites for hydroxylation is 1. The van der Waals surface area contributed by atoms with E-state index in [1.165, 1.54) is 0 Å². The molecule has 0 fully saturated rings. The minimum Gasteiger partial charge on any atom is -0.396 e. The Hall–Kier alpha value is -1.56. The molecule has 0 spiro atoms. The minimum atomic E-state index is 0.696. The normalized spacial score (nSPS) is 10.4. The maximum atomic E-state index is 5.55. The van der Waals surface area contributed by atoms with E-state index in [4.69, 9.17) is 5.73 Å². The average molecular weight is 221 g/mol. The summed E-state index contributed by atoms with van der Waals surface area (Å²) < 4.78 is 1.82. The van der Waals surface area contributed by atoms with Crippen LogP contribution in [0.2, 0.25) is 0 Å². The van der Waals surface area contributed by atoms with E-state index in [-0.39, 0.29) is 0 Å². The second-order valence-electron chi connectivity index (χ2n) is 2.93. The van der Waals surface area contributed by atoms with Gasteiger partial charge >= 0.3 is 0 Å². The third-order valence-electron chi connectivity index (χ3n) is 1.78. The minimum absolute atomic E-state index is 0.696. The summed E-state index contributed by atoms with van der Waals surface area (Å²) >= 11 is 1.67. The Kier molecular flexibility index (Phi) is 3.18. The second kappa shape index (κ2) is 4.79. The number of hydrogen-bond donors (Lipinski definition) is 1. The molecule has 0 amide bonds. The van der Waals surface area contributed by atoms with Gasteiger partial charge in [0, 0.05) is 18.1 Å². The van der Waals surface area contributed by atoms with E-state index in [0.29, 0.717) is 5.69 Å². The molecule has 0 atom stereocenters. The largest absolute Gasteiger partial charge is 0.396 e. The van der Waals surface area contributed by atoms with Crippen LogP contribution in [0.4, 0.5) is 5.69 Å². The molecule has 0 bridgehead atoms. The molecule has 0 aliphatic carbocycles. The van der Waals surface area contributed by atoms with Gasteiger partial charge < -0.3 is 5.73 Å². The third kappa shape index (κ3) is 2.95. The van der Waals surface area contributed by atoms with Crippen LogP contribution in [0.15, 0.2) is 36.0 Å². The Morgan fingerprint density at radius 1 is 1.47 bits per heavy atom. The number of nitrogen functional groups attached to an aromatic ring is 1. The molecule has 0 aliphatic rings. The molecule has 15 heavy (non-hydrogen) atoms. The van der Waals surface area contributed by atoms with Crippen molar-refractivity contribution in [2.75, 3.05) is 11.5 Å². The summed E-state index contributed by atoms with van der Waals surface area (Å²) in [5.41, 5.74) is 6.25. The molecule has 2 aromatic rings. The summed E-state index contributed by atoms with van der Waals surface area (Å²) in [5.74, 6) is 0.915. The first kappa shape index (κ1) is 9.97. The Bertz CT molecular complexity index is 413. The molecule has 0 unspecified atom stereocenters. The summed E-state index contributed by atoms with van der Waals surface area (Å²) in [6.45, 7) is 0.825. The Balaban J connectivity index is 1.80. The van der Waals surface area contributed by atoms with Crippen molar-refractivity contribution < 1.29 is 0 Å². The first-order valence-corrected chi connectivity index (χ1v) is 5.50. The van der Waals surface area contributed by atoms with Gasteiger partial charge in [0.25, 0.3) is 0 Å². The highest BCUT2D eigenvalue weighted by Gasteiger charge is 1.97. The standard InChI is InChI=1S/C9H11N5S/c10-8-5-13-14(6-8)3-4-15-9-1-2-11-7-12-9/h1-2,5-7H,3-4,10H2. The fourth-order valence-corrected chi connectivity index (χ4v) is 1.88. The van der Waals surface area contributed by atoms with Crippen LogP contribution < -0.4 is 5.73 Å². The highest BCUT2D eigenvalue weighted by molar-refractivity contribution is 7.99. The van der Waals surface area contributed by atoms with Crippen LogP contribution in [0.5, 0.6) is 0 Å². The lowest BCUT2D eigenvalue weighted by molar-refractivity contribution is 0.666. The monoisotopic (exact) mass is 221 g/mol. The lowest BCUT2D eigenvalue weighted by Crippen LogP contribution is -2.00. The van der Waals surface area contributed by atoms with Gasteiger partial charge in [0.15, 0.2) is 0 Å². The van der Waals surface area contributed by atoms with Gasteiger partial charge in [-0.1, -0.05) is 0 Å². The Labute approximate surface area is 91.7 Å². The maximum Gasteiger partial charge on any atom is 0.116 e. The lowest BCUT2D eigenvalue weighted by atomic mass is 10.6. The van der Waals surface area contributed by atoms with E-state index in [9.17, 15) is 0 Å². The van der Waals surface area contributed by atoms with Gasteiger partial charge in [-0.25, -0.2) is 9.97 Å². The first-order chi connectivity index (χ1) is 7.34. The molecule has 0 radical (unpaired) electrons. The van der Waals surface area contributed by atoms with Crippen molar-refractivity contribution in [1.29, 1.82) is 0 Å². The highest BCUT2D eigenvalue weighted by Crippen LogP contribution is 2.13. The second-order valence-corrected chi connectivity index (χ2v) is 4.05. The number of rotatable bonds is 4. The van der Waals surface area contributed by atoms with Crippen LogP contribution in [0.25, 0.3) is 0 Å². The van der Waals surface area contributed by atoms with Gasteiger partial charge in [-0.2, -0.15) is 5.10 Å². The smallest absolute Gasteiger partial charge is 0.116 e. The predicted molar refractivity (Wildman–Crippen MR) is 59.4 cm³/mol. The molecule has 2 aromatic heterocycles. The topological polar surface area (TPSA) is 69.6 Å². The summed E-state index contributed by atoms with van der Waals surface area (Å²) in [6, 6.07) is 1.89. The maximum absolute atomic E-state index is 5.55. The Morgan fingerprint density at radius 3 is 3.07 bits per heavy atom. The number of anilines is 1. The number of nitrogens with zero attached hydrogens (tertiary/aromatic N) is 4. The molecule has 0 aromatic carbocycles. The van der Waals surface area contributed by atoms with Crippen LogP contribution in [-0.2, 0) is 6.54 Å². The molecule has 2 heterocycles. The molecule has 0 saturated carbocycles. The van der Waals surface area contributed by atoms with Crippen molar-refractivity contribution >= 4 is 17.4 Å². The predicted octanol–water partition coefficient (Wildman–Crippen LogP) is 1.05. The van der Waals surface area contributed by atoms with Crippen LogP contribution in [-0.4, -0.2) is 25.5 Å². The van der Waals surface area contributed by atoms with Gasteiger partial charge in [0.2, 0.25) is 0 Å². The van der Waals surface area contributed by atoms with E-state index in [1.807, 2.05) is 16.9 Å². The molecule has 78 valence electrons. The van der Waals surface area contributed by atoms with Crippen LogP contribution in [0.1, 0.15) is 0 Å². The number of thioether (sulfide) groups is 1. The zero-order valence-electron chi connectivity index (χ0n) is 8.08. The molecule has 2 rings (SSSR count). The zero-order valence-corrected chi connectivity index (χ0v) is 8.89. The van der Waals surface area contributed by atoms with Crippen LogP contribution in [0.3, 0.4) is 0 Å². The van der Waals surface area contributed by atoms with Crippen LogP contribution in [0, 0.1) is 0 Å². The fourth-order valence-electron chi connectivity index (χ4n) is 1.11. The molecule has 6 heteroatoms. The van der Waals surface area contributed by atoms with Crippen LogP contribution >= 0.6 is 11.8 Å². The molecule has 0 saturated heterocycles. The number of nitrogens with two attached hydrogens (primary N) is 1. The third-order valence-corrected chi connectivity index (χ3v) is 2.70. The lowest BCUT2D eigenvalue weighted by Gasteiger charge is -2.00. The summed E-state index contributed by atoms with van der Waals surface area (Å²) in [7, 11) is 0. The van der Waals surface area contributed by atoms with Gasteiger partial charge in [0.1, 0.15) is 6.33 Å². The van der Waals surface area contributed by atoms with Crippen molar-refractivity contribution in [2.24, 2.45) is 0 Å². The average Bonchev–Trinajstić information content (AvgIpc) is 2.66. The molecule has 0 aliphatic heterocycles. The first-order valence-electron chi connectivity index (χ1n) is 4.51. The van der Waals surface area contributed by atoms with Gasteiger partial charge in [0.05, 0.1) is 23.5 Å². The van der Waals surface area contributed by atoms with E-state index < -0.39 is 0 Å². The van der Waals surface area contributed by atoms with Gasteiger partial charge in [-0.3, -0.25) is 4.68 Å². The van der Waals surface area contributed by atoms with E-state index in [2.05, 4.69) is 15.1 Å². The molecule has 2 N–H and O–H groups in total. The molecular weight excluding hydrogens is 210 g/mol. The van der Waals surface area contributed by atoms with E-state index in [0.717, 1.165) is 17.3 Å².